The van der Waals surface area contributed by atoms with Crippen LogP contribution in [0.3, 0.4) is 0 Å². The van der Waals surface area contributed by atoms with Crippen LogP contribution in [0.15, 0.2) is 36.4 Å². The Labute approximate surface area is 126 Å². The van der Waals surface area contributed by atoms with Crippen molar-refractivity contribution in [2.24, 2.45) is 0 Å². The number of nitro benzene ring substituents is 1. The van der Waals surface area contributed by atoms with Crippen LogP contribution in [-0.4, -0.2) is 10.0 Å². The van der Waals surface area contributed by atoms with Gasteiger partial charge in [-0.3, -0.25) is 10.1 Å². The van der Waals surface area contributed by atoms with E-state index in [-0.39, 0.29) is 5.69 Å². The van der Waals surface area contributed by atoms with Crippen molar-refractivity contribution in [2.45, 2.75) is 20.0 Å². The Morgan fingerprint density at radius 3 is 2.43 bits per heavy atom. The monoisotopic (exact) mass is 307 g/mol. The summed E-state index contributed by atoms with van der Waals surface area (Å²) < 4.78 is 5.67. The fraction of sp³-hybridized carbons (Fsp3) is 0.200. The molecule has 2 aromatic carbocycles. The Kier molecular flexibility index (Phi) is 4.45. The number of aryl methyl sites for hydroxylation is 1. The maximum absolute atomic E-state index is 10.7. The smallest absolute Gasteiger partial charge is 0.269 e. The molecule has 0 spiro atoms. The molecule has 0 aliphatic rings. The molecule has 0 fully saturated rings. The molecule has 0 radical (unpaired) electrons. The molecule has 0 aliphatic heterocycles. The molecule has 1 N–H and O–H groups in total. The molecule has 0 amide bonds. The maximum Gasteiger partial charge on any atom is 0.269 e. The van der Waals surface area contributed by atoms with Crippen LogP contribution in [-0.2, 0) is 0 Å². The first kappa shape index (κ1) is 15.3. The van der Waals surface area contributed by atoms with Gasteiger partial charge in [0.15, 0.2) is 0 Å². The summed E-state index contributed by atoms with van der Waals surface area (Å²) in [5, 5.41) is 20.6. The van der Waals surface area contributed by atoms with Crippen LogP contribution in [0.1, 0.15) is 24.2 Å². The number of ether oxygens (including phenoxy) is 1. The summed E-state index contributed by atoms with van der Waals surface area (Å²) >= 11 is 6.11. The van der Waals surface area contributed by atoms with Gasteiger partial charge in [-0.1, -0.05) is 17.7 Å². The van der Waals surface area contributed by atoms with Gasteiger partial charge >= 0.3 is 0 Å². The average Bonchev–Trinajstić information content (AvgIpc) is 2.42. The normalized spacial score (nSPS) is 12.0. The van der Waals surface area contributed by atoms with Crippen molar-refractivity contribution >= 4 is 17.3 Å². The van der Waals surface area contributed by atoms with Crippen molar-refractivity contribution in [1.29, 1.82) is 0 Å². The van der Waals surface area contributed by atoms with Crippen molar-refractivity contribution < 1.29 is 14.8 Å². The molecule has 1 unspecified atom stereocenters. The van der Waals surface area contributed by atoms with Crippen molar-refractivity contribution in [2.75, 3.05) is 0 Å². The van der Waals surface area contributed by atoms with E-state index < -0.39 is 11.0 Å². The summed E-state index contributed by atoms with van der Waals surface area (Å²) in [4.78, 5) is 10.2. The third-order valence-corrected chi connectivity index (χ3v) is 3.32. The molecule has 0 saturated heterocycles. The summed E-state index contributed by atoms with van der Waals surface area (Å²) in [7, 11) is 0. The zero-order valence-electron chi connectivity index (χ0n) is 11.5. The molecule has 2 rings (SSSR count). The van der Waals surface area contributed by atoms with Crippen LogP contribution in [0.2, 0.25) is 5.02 Å². The van der Waals surface area contributed by atoms with Crippen LogP contribution in [0.25, 0.3) is 0 Å². The van der Waals surface area contributed by atoms with E-state index in [9.17, 15) is 15.2 Å². The van der Waals surface area contributed by atoms with Crippen molar-refractivity contribution in [3.05, 3.63) is 62.7 Å². The molecule has 0 bridgehead atoms. The zero-order valence-corrected chi connectivity index (χ0v) is 12.3. The summed E-state index contributed by atoms with van der Waals surface area (Å²) in [5.41, 5.74) is 1.34. The Morgan fingerprint density at radius 2 is 1.90 bits per heavy atom. The second kappa shape index (κ2) is 6.11. The molecule has 5 nitrogen and oxygen atoms in total. The fourth-order valence-electron chi connectivity index (χ4n) is 1.84. The highest BCUT2D eigenvalue weighted by Gasteiger charge is 2.12. The summed E-state index contributed by atoms with van der Waals surface area (Å²) in [5.74, 6) is 0.922. The van der Waals surface area contributed by atoms with Crippen LogP contribution in [0, 0.1) is 17.0 Å². The molecule has 0 heterocycles. The number of nitro groups is 1. The Hall–Kier alpha value is -2.11. The van der Waals surface area contributed by atoms with E-state index in [4.69, 9.17) is 16.3 Å². The van der Waals surface area contributed by atoms with Gasteiger partial charge in [-0.25, -0.2) is 0 Å². The SMILES string of the molecule is Cc1cc([N+](=O)[O-])ccc1Oc1ccc(C(C)O)cc1Cl. The Balaban J connectivity index is 2.28. The third-order valence-electron chi connectivity index (χ3n) is 3.03. The molecular formula is C15H14ClNO4. The van der Waals surface area contributed by atoms with E-state index in [0.717, 1.165) is 0 Å². The average molecular weight is 308 g/mol. The number of aliphatic hydroxyl groups is 1. The van der Waals surface area contributed by atoms with E-state index >= 15 is 0 Å². The highest BCUT2D eigenvalue weighted by Crippen LogP contribution is 2.34. The van der Waals surface area contributed by atoms with Crippen molar-refractivity contribution in [1.82, 2.24) is 0 Å². The number of non-ortho nitro benzene ring substituents is 1. The van der Waals surface area contributed by atoms with Gasteiger partial charge < -0.3 is 9.84 Å². The topological polar surface area (TPSA) is 72.6 Å². The van der Waals surface area contributed by atoms with Gasteiger partial charge in [-0.2, -0.15) is 0 Å². The molecular weight excluding hydrogens is 294 g/mol. The third kappa shape index (κ3) is 3.51. The number of aliphatic hydroxyl groups excluding tert-OH is 1. The van der Waals surface area contributed by atoms with Crippen LogP contribution in [0.5, 0.6) is 11.5 Å². The van der Waals surface area contributed by atoms with Crippen LogP contribution in [0.4, 0.5) is 5.69 Å². The van der Waals surface area contributed by atoms with E-state index in [2.05, 4.69) is 0 Å². The standard InChI is InChI=1S/C15H14ClNO4/c1-9-7-12(17(19)20)4-6-14(9)21-15-5-3-11(10(2)18)8-13(15)16/h3-8,10,18H,1-2H3. The number of hydrogen-bond acceptors (Lipinski definition) is 4. The number of rotatable bonds is 4. The number of halogens is 1. The predicted octanol–water partition coefficient (Wildman–Crippen LogP) is 4.40. The Bertz CT molecular complexity index is 685. The van der Waals surface area contributed by atoms with Gasteiger partial charge in [0.1, 0.15) is 11.5 Å². The summed E-state index contributed by atoms with van der Waals surface area (Å²) in [6, 6.07) is 9.35. The van der Waals surface area contributed by atoms with Gasteiger partial charge in [0, 0.05) is 12.1 Å². The van der Waals surface area contributed by atoms with E-state index in [1.807, 2.05) is 0 Å². The molecule has 21 heavy (non-hydrogen) atoms. The van der Waals surface area contributed by atoms with Crippen LogP contribution < -0.4 is 4.74 Å². The second-order valence-corrected chi connectivity index (χ2v) is 5.08. The molecule has 1 atom stereocenters. The minimum Gasteiger partial charge on any atom is -0.456 e. The highest BCUT2D eigenvalue weighted by molar-refractivity contribution is 6.32. The maximum atomic E-state index is 10.7. The molecule has 2 aromatic rings. The van der Waals surface area contributed by atoms with E-state index in [1.165, 1.54) is 18.2 Å². The first-order valence-electron chi connectivity index (χ1n) is 6.29. The molecule has 0 aliphatic carbocycles. The lowest BCUT2D eigenvalue weighted by Gasteiger charge is -2.12. The summed E-state index contributed by atoms with van der Waals surface area (Å²) in [6.45, 7) is 3.37. The number of benzene rings is 2. The largest absolute Gasteiger partial charge is 0.456 e. The highest BCUT2D eigenvalue weighted by atomic mass is 35.5. The van der Waals surface area contributed by atoms with Crippen LogP contribution >= 0.6 is 11.6 Å². The van der Waals surface area contributed by atoms with Gasteiger partial charge in [-0.15, -0.1) is 0 Å². The lowest BCUT2D eigenvalue weighted by atomic mass is 10.1. The molecule has 0 saturated carbocycles. The lowest BCUT2D eigenvalue weighted by Crippen LogP contribution is -1.94. The Morgan fingerprint density at radius 1 is 1.24 bits per heavy atom. The van der Waals surface area contributed by atoms with Crippen molar-refractivity contribution in [3.8, 4) is 11.5 Å². The first-order chi connectivity index (χ1) is 9.88. The quantitative estimate of drug-likeness (QED) is 0.671. The molecule has 0 aromatic heterocycles. The molecule has 6 heteroatoms. The first-order valence-corrected chi connectivity index (χ1v) is 6.66. The van der Waals surface area contributed by atoms with Gasteiger partial charge in [0.25, 0.3) is 5.69 Å². The predicted molar refractivity (Wildman–Crippen MR) is 80.0 cm³/mol. The number of hydrogen-bond donors (Lipinski definition) is 1. The van der Waals surface area contributed by atoms with E-state index in [1.54, 1.807) is 32.0 Å². The van der Waals surface area contributed by atoms with Gasteiger partial charge in [-0.05, 0) is 43.2 Å². The minimum atomic E-state index is -0.613. The minimum absolute atomic E-state index is 0.00963. The lowest BCUT2D eigenvalue weighted by molar-refractivity contribution is -0.384. The molecule has 110 valence electrons. The van der Waals surface area contributed by atoms with Gasteiger partial charge in [0.2, 0.25) is 0 Å². The fourth-order valence-corrected chi connectivity index (χ4v) is 2.07. The van der Waals surface area contributed by atoms with Gasteiger partial charge in [0.05, 0.1) is 16.0 Å². The van der Waals surface area contributed by atoms with Crippen molar-refractivity contribution in [3.63, 3.8) is 0 Å². The second-order valence-electron chi connectivity index (χ2n) is 4.67. The number of nitrogens with zero attached hydrogens (tertiary/aromatic N) is 1. The van der Waals surface area contributed by atoms with E-state index in [0.29, 0.717) is 27.6 Å². The zero-order chi connectivity index (χ0) is 15.6. The summed E-state index contributed by atoms with van der Waals surface area (Å²) in [6.07, 6.45) is -0.613.